The normalized spacial score (nSPS) is 11.0. The molecule has 0 aliphatic heterocycles. The minimum absolute atomic E-state index is 0.0300. The molecule has 21 heavy (non-hydrogen) atoms. The van der Waals surface area contributed by atoms with Crippen LogP contribution in [0.1, 0.15) is 5.56 Å². The van der Waals surface area contributed by atoms with Crippen LogP contribution >= 0.6 is 0 Å². The minimum atomic E-state index is -0.791. The standard InChI is InChI=1S/C16H11FO4/c1-8-15(20)11-7-10(18)3-5-14(11)21-16(8)9-2-4-13(19)12(17)6-9/h2-7,18-19H,1H3. The molecule has 0 amide bonds. The first-order valence-electron chi connectivity index (χ1n) is 6.22. The van der Waals surface area contributed by atoms with Gasteiger partial charge in [0.2, 0.25) is 0 Å². The third-order valence-electron chi connectivity index (χ3n) is 3.31. The van der Waals surface area contributed by atoms with Gasteiger partial charge in [0.1, 0.15) is 17.1 Å². The molecule has 5 heteroatoms. The van der Waals surface area contributed by atoms with Crippen LogP contribution in [-0.2, 0) is 0 Å². The Hall–Kier alpha value is -2.82. The van der Waals surface area contributed by atoms with E-state index in [4.69, 9.17) is 4.42 Å². The Morgan fingerprint density at radius 3 is 2.57 bits per heavy atom. The molecule has 0 saturated carbocycles. The van der Waals surface area contributed by atoms with Crippen molar-refractivity contribution in [1.29, 1.82) is 0 Å². The summed E-state index contributed by atoms with van der Waals surface area (Å²) in [6.45, 7) is 1.56. The fourth-order valence-corrected chi connectivity index (χ4v) is 2.20. The Morgan fingerprint density at radius 2 is 1.86 bits per heavy atom. The van der Waals surface area contributed by atoms with E-state index in [1.807, 2.05) is 0 Å². The van der Waals surface area contributed by atoms with Gasteiger partial charge in [-0.3, -0.25) is 4.79 Å². The molecule has 0 radical (unpaired) electrons. The van der Waals surface area contributed by atoms with Crippen molar-refractivity contribution in [3.63, 3.8) is 0 Å². The maximum absolute atomic E-state index is 13.5. The molecule has 0 fully saturated rings. The molecule has 1 aromatic heterocycles. The zero-order valence-corrected chi connectivity index (χ0v) is 11.1. The third kappa shape index (κ3) is 2.12. The van der Waals surface area contributed by atoms with Crippen LogP contribution in [0.15, 0.2) is 45.6 Å². The zero-order chi connectivity index (χ0) is 15.1. The largest absolute Gasteiger partial charge is 0.508 e. The average molecular weight is 286 g/mol. The van der Waals surface area contributed by atoms with E-state index in [0.29, 0.717) is 16.7 Å². The highest BCUT2D eigenvalue weighted by Crippen LogP contribution is 2.29. The van der Waals surface area contributed by atoms with E-state index >= 15 is 0 Å². The Kier molecular flexibility index (Phi) is 2.90. The number of aromatic hydroxyl groups is 2. The highest BCUT2D eigenvalue weighted by Gasteiger charge is 2.14. The SMILES string of the molecule is Cc1c(-c2ccc(O)c(F)c2)oc2ccc(O)cc2c1=O. The summed E-state index contributed by atoms with van der Waals surface area (Å²) in [5.41, 5.74) is 0.663. The molecule has 2 N–H and O–H groups in total. The molecule has 4 nitrogen and oxygen atoms in total. The van der Waals surface area contributed by atoms with Crippen LogP contribution in [0.2, 0.25) is 0 Å². The lowest BCUT2D eigenvalue weighted by molar-refractivity contribution is 0.432. The smallest absolute Gasteiger partial charge is 0.196 e. The molecule has 0 saturated heterocycles. The summed E-state index contributed by atoms with van der Waals surface area (Å²) in [5.74, 6) is -1.06. The van der Waals surface area contributed by atoms with Crippen LogP contribution in [0.4, 0.5) is 4.39 Å². The van der Waals surface area contributed by atoms with Gasteiger partial charge < -0.3 is 14.6 Å². The first kappa shape index (κ1) is 13.2. The third-order valence-corrected chi connectivity index (χ3v) is 3.31. The molecule has 0 aliphatic carbocycles. The molecule has 0 aliphatic rings. The molecule has 0 atom stereocenters. The van der Waals surface area contributed by atoms with Crippen molar-refractivity contribution >= 4 is 11.0 Å². The first-order chi connectivity index (χ1) is 9.97. The molecular formula is C16H11FO4. The molecule has 1 heterocycles. The molecule has 0 bridgehead atoms. The zero-order valence-electron chi connectivity index (χ0n) is 11.1. The fraction of sp³-hybridized carbons (Fsp3) is 0.0625. The van der Waals surface area contributed by atoms with E-state index < -0.39 is 11.6 Å². The Bertz CT molecular complexity index is 912. The number of hydrogen-bond acceptors (Lipinski definition) is 4. The van der Waals surface area contributed by atoms with Gasteiger partial charge in [-0.15, -0.1) is 0 Å². The van der Waals surface area contributed by atoms with Gasteiger partial charge in [0.05, 0.1) is 5.39 Å². The first-order valence-corrected chi connectivity index (χ1v) is 6.22. The van der Waals surface area contributed by atoms with Gasteiger partial charge in [0, 0.05) is 11.1 Å². The quantitative estimate of drug-likeness (QED) is 0.720. The van der Waals surface area contributed by atoms with Gasteiger partial charge in [0.25, 0.3) is 0 Å². The lowest BCUT2D eigenvalue weighted by Crippen LogP contribution is -2.07. The van der Waals surface area contributed by atoms with Crippen LogP contribution in [-0.4, -0.2) is 10.2 Å². The van der Waals surface area contributed by atoms with Gasteiger partial charge in [-0.25, -0.2) is 4.39 Å². The molecular weight excluding hydrogens is 275 g/mol. The molecule has 3 aromatic rings. The molecule has 0 unspecified atom stereocenters. The van der Waals surface area contributed by atoms with Crippen molar-refractivity contribution in [2.24, 2.45) is 0 Å². The highest BCUT2D eigenvalue weighted by molar-refractivity contribution is 5.81. The van der Waals surface area contributed by atoms with E-state index in [-0.39, 0.29) is 22.3 Å². The Labute approximate surface area is 118 Å². The number of fused-ring (bicyclic) bond motifs is 1. The summed E-state index contributed by atoms with van der Waals surface area (Å²) in [5, 5.41) is 18.9. The summed E-state index contributed by atoms with van der Waals surface area (Å²) in [6.07, 6.45) is 0. The summed E-state index contributed by atoms with van der Waals surface area (Å²) < 4.78 is 19.1. The van der Waals surface area contributed by atoms with Crippen molar-refractivity contribution in [3.8, 4) is 22.8 Å². The second kappa shape index (κ2) is 4.63. The molecule has 0 spiro atoms. The van der Waals surface area contributed by atoms with Crippen LogP contribution in [0, 0.1) is 12.7 Å². The molecule has 3 rings (SSSR count). The van der Waals surface area contributed by atoms with Crippen LogP contribution < -0.4 is 5.43 Å². The van der Waals surface area contributed by atoms with Crippen LogP contribution in [0.5, 0.6) is 11.5 Å². The van der Waals surface area contributed by atoms with Gasteiger partial charge in [-0.05, 0) is 43.3 Å². The summed E-state index contributed by atoms with van der Waals surface area (Å²) in [4.78, 5) is 12.3. The van der Waals surface area contributed by atoms with E-state index in [2.05, 4.69) is 0 Å². The highest BCUT2D eigenvalue weighted by atomic mass is 19.1. The average Bonchev–Trinajstić information content (AvgIpc) is 2.46. The molecule has 2 aromatic carbocycles. The van der Waals surface area contributed by atoms with Crippen molar-refractivity contribution < 1.29 is 19.0 Å². The lowest BCUT2D eigenvalue weighted by atomic mass is 10.1. The Balaban J connectivity index is 2.33. The van der Waals surface area contributed by atoms with E-state index in [9.17, 15) is 19.4 Å². The van der Waals surface area contributed by atoms with Crippen molar-refractivity contribution in [3.05, 3.63) is 58.0 Å². The van der Waals surface area contributed by atoms with Gasteiger partial charge in [0.15, 0.2) is 17.0 Å². The number of benzene rings is 2. The van der Waals surface area contributed by atoms with Crippen LogP contribution in [0.3, 0.4) is 0 Å². The Morgan fingerprint density at radius 1 is 1.10 bits per heavy atom. The maximum Gasteiger partial charge on any atom is 0.196 e. The predicted octanol–water partition coefficient (Wildman–Crippen LogP) is 3.32. The topological polar surface area (TPSA) is 70.7 Å². The monoisotopic (exact) mass is 286 g/mol. The summed E-state index contributed by atoms with van der Waals surface area (Å²) in [6, 6.07) is 7.98. The number of hydrogen-bond donors (Lipinski definition) is 2. The van der Waals surface area contributed by atoms with E-state index in [1.165, 1.54) is 30.3 Å². The minimum Gasteiger partial charge on any atom is -0.508 e. The van der Waals surface area contributed by atoms with Gasteiger partial charge in [-0.1, -0.05) is 0 Å². The van der Waals surface area contributed by atoms with E-state index in [0.717, 1.165) is 6.07 Å². The lowest BCUT2D eigenvalue weighted by Gasteiger charge is -2.08. The predicted molar refractivity (Wildman–Crippen MR) is 75.9 cm³/mol. The van der Waals surface area contributed by atoms with Gasteiger partial charge >= 0.3 is 0 Å². The van der Waals surface area contributed by atoms with E-state index in [1.54, 1.807) is 6.92 Å². The van der Waals surface area contributed by atoms with Gasteiger partial charge in [-0.2, -0.15) is 0 Å². The van der Waals surface area contributed by atoms with Crippen LogP contribution in [0.25, 0.3) is 22.3 Å². The summed E-state index contributed by atoms with van der Waals surface area (Å²) >= 11 is 0. The van der Waals surface area contributed by atoms with Crippen molar-refractivity contribution in [1.82, 2.24) is 0 Å². The number of phenolic OH excluding ortho intramolecular Hbond substituents is 2. The second-order valence-electron chi connectivity index (χ2n) is 4.73. The number of phenols is 2. The fourth-order valence-electron chi connectivity index (χ4n) is 2.20. The number of rotatable bonds is 1. The maximum atomic E-state index is 13.5. The summed E-state index contributed by atoms with van der Waals surface area (Å²) in [7, 11) is 0. The molecule has 106 valence electrons. The van der Waals surface area contributed by atoms with Crippen molar-refractivity contribution in [2.45, 2.75) is 6.92 Å². The second-order valence-corrected chi connectivity index (χ2v) is 4.73. The van der Waals surface area contributed by atoms with Crippen molar-refractivity contribution in [2.75, 3.05) is 0 Å². The number of halogens is 1.